The minimum atomic E-state index is 0.122. The Kier molecular flexibility index (Phi) is 5.65. The lowest BCUT2D eigenvalue weighted by atomic mass is 10.1. The van der Waals surface area contributed by atoms with E-state index in [0.717, 1.165) is 35.7 Å². The van der Waals surface area contributed by atoms with Crippen LogP contribution in [-0.2, 0) is 11.3 Å². The van der Waals surface area contributed by atoms with Gasteiger partial charge >= 0.3 is 0 Å². The third kappa shape index (κ3) is 4.68. The van der Waals surface area contributed by atoms with Gasteiger partial charge in [0.05, 0.1) is 5.69 Å². The fourth-order valence-electron chi connectivity index (χ4n) is 3.36. The molecule has 0 saturated carbocycles. The van der Waals surface area contributed by atoms with Gasteiger partial charge < -0.3 is 15.1 Å². The normalized spacial score (nSPS) is 14.0. The molecule has 1 aliphatic rings. The average molecular weight is 388 g/mol. The van der Waals surface area contributed by atoms with Gasteiger partial charge in [0.15, 0.2) is 0 Å². The van der Waals surface area contributed by atoms with E-state index in [1.807, 2.05) is 53.4 Å². The Labute approximate surface area is 170 Å². The van der Waals surface area contributed by atoms with E-state index in [9.17, 15) is 4.79 Å². The van der Waals surface area contributed by atoms with Gasteiger partial charge in [0.1, 0.15) is 5.82 Å². The first kappa shape index (κ1) is 18.9. The summed E-state index contributed by atoms with van der Waals surface area (Å²) in [6.45, 7) is 5.18. The van der Waals surface area contributed by atoms with Crippen molar-refractivity contribution in [2.75, 3.05) is 36.4 Å². The lowest BCUT2D eigenvalue weighted by Crippen LogP contribution is -2.48. The largest absolute Gasteiger partial charge is 0.353 e. The monoisotopic (exact) mass is 388 g/mol. The number of amides is 1. The van der Waals surface area contributed by atoms with Gasteiger partial charge in [0.25, 0.3) is 0 Å². The molecule has 0 bridgehead atoms. The second-order valence-corrected chi connectivity index (χ2v) is 7.00. The Bertz CT molecular complexity index is 956. The highest BCUT2D eigenvalue weighted by molar-refractivity contribution is 5.73. The minimum Gasteiger partial charge on any atom is -0.353 e. The van der Waals surface area contributed by atoms with Crippen LogP contribution < -0.4 is 10.2 Å². The predicted octanol–water partition coefficient (Wildman–Crippen LogP) is 2.82. The molecule has 1 amide bonds. The predicted molar refractivity (Wildman–Crippen MR) is 113 cm³/mol. The topological polar surface area (TPSA) is 74.2 Å². The molecule has 1 fully saturated rings. The molecule has 29 heavy (non-hydrogen) atoms. The molecule has 1 N–H and O–H groups in total. The van der Waals surface area contributed by atoms with Crippen molar-refractivity contribution in [1.82, 2.24) is 19.9 Å². The molecule has 4 rings (SSSR count). The molecular formula is C22H24N6O. The maximum atomic E-state index is 11.6. The van der Waals surface area contributed by atoms with E-state index in [0.29, 0.717) is 25.6 Å². The van der Waals surface area contributed by atoms with E-state index >= 15 is 0 Å². The Morgan fingerprint density at radius 2 is 1.72 bits per heavy atom. The number of nitrogens with one attached hydrogen (secondary N) is 1. The molecule has 7 heteroatoms. The quantitative estimate of drug-likeness (QED) is 0.725. The summed E-state index contributed by atoms with van der Waals surface area (Å²) in [5.41, 5.74) is 3.04. The average Bonchev–Trinajstić information content (AvgIpc) is 2.79. The Balaban J connectivity index is 1.59. The lowest BCUT2D eigenvalue weighted by Gasteiger charge is -2.35. The standard InChI is InChI=1S/C22H24N6O/c1-17(29)27-11-13-28(14-12-27)21-15-20(19-5-3-2-4-6-19)25-22(26-21)24-16-18-7-9-23-10-8-18/h2-10,15H,11-14,16H2,1H3,(H,24,25,26). The summed E-state index contributed by atoms with van der Waals surface area (Å²) < 4.78 is 0. The Morgan fingerprint density at radius 3 is 2.41 bits per heavy atom. The number of hydrogen-bond acceptors (Lipinski definition) is 6. The van der Waals surface area contributed by atoms with Gasteiger partial charge in [-0.05, 0) is 17.7 Å². The van der Waals surface area contributed by atoms with E-state index in [2.05, 4.69) is 15.2 Å². The second-order valence-electron chi connectivity index (χ2n) is 7.00. The van der Waals surface area contributed by atoms with E-state index in [1.54, 1.807) is 19.3 Å². The van der Waals surface area contributed by atoms with E-state index in [1.165, 1.54) is 0 Å². The summed E-state index contributed by atoms with van der Waals surface area (Å²) in [5.74, 6) is 1.59. The summed E-state index contributed by atoms with van der Waals surface area (Å²) in [4.78, 5) is 29.2. The number of rotatable bonds is 5. The van der Waals surface area contributed by atoms with Gasteiger partial charge in [-0.3, -0.25) is 9.78 Å². The molecule has 3 heterocycles. The zero-order valence-corrected chi connectivity index (χ0v) is 16.5. The fraction of sp³-hybridized carbons (Fsp3) is 0.273. The number of hydrogen-bond donors (Lipinski definition) is 1. The van der Waals surface area contributed by atoms with Crippen LogP contribution in [-0.4, -0.2) is 51.9 Å². The summed E-state index contributed by atoms with van der Waals surface area (Å²) in [5, 5.41) is 3.34. The highest BCUT2D eigenvalue weighted by atomic mass is 16.2. The van der Waals surface area contributed by atoms with Crippen LogP contribution in [0.1, 0.15) is 12.5 Å². The Hall–Kier alpha value is -3.48. The minimum absolute atomic E-state index is 0.122. The zero-order valence-electron chi connectivity index (χ0n) is 16.5. The summed E-state index contributed by atoms with van der Waals surface area (Å²) in [7, 11) is 0. The summed E-state index contributed by atoms with van der Waals surface area (Å²) in [6, 6.07) is 16.1. The third-order valence-electron chi connectivity index (χ3n) is 5.03. The smallest absolute Gasteiger partial charge is 0.225 e. The van der Waals surface area contributed by atoms with Crippen molar-refractivity contribution in [2.45, 2.75) is 13.5 Å². The van der Waals surface area contributed by atoms with Crippen LogP contribution in [0.15, 0.2) is 60.9 Å². The van der Waals surface area contributed by atoms with E-state index < -0.39 is 0 Å². The van der Waals surface area contributed by atoms with Crippen molar-refractivity contribution in [3.63, 3.8) is 0 Å². The molecule has 0 unspecified atom stereocenters. The number of benzene rings is 1. The maximum Gasteiger partial charge on any atom is 0.225 e. The van der Waals surface area contributed by atoms with Gasteiger partial charge in [-0.1, -0.05) is 30.3 Å². The van der Waals surface area contributed by atoms with Crippen molar-refractivity contribution in [2.24, 2.45) is 0 Å². The maximum absolute atomic E-state index is 11.6. The molecule has 1 aromatic carbocycles. The molecular weight excluding hydrogens is 364 g/mol. The molecule has 3 aromatic rings. The first-order valence-electron chi connectivity index (χ1n) is 9.77. The van der Waals surface area contributed by atoms with Crippen LogP contribution >= 0.6 is 0 Å². The molecule has 0 radical (unpaired) electrons. The first-order valence-corrected chi connectivity index (χ1v) is 9.77. The zero-order chi connectivity index (χ0) is 20.1. The molecule has 1 aliphatic heterocycles. The van der Waals surface area contributed by atoms with Gasteiger partial charge in [0, 0.05) is 63.7 Å². The van der Waals surface area contributed by atoms with Crippen LogP contribution in [0.2, 0.25) is 0 Å². The number of carbonyl (C=O) groups excluding carboxylic acids is 1. The molecule has 7 nitrogen and oxygen atoms in total. The van der Waals surface area contributed by atoms with Crippen molar-refractivity contribution in [3.05, 3.63) is 66.5 Å². The summed E-state index contributed by atoms with van der Waals surface area (Å²) >= 11 is 0. The highest BCUT2D eigenvalue weighted by Gasteiger charge is 2.21. The van der Waals surface area contributed by atoms with Crippen LogP contribution in [0.3, 0.4) is 0 Å². The van der Waals surface area contributed by atoms with Gasteiger partial charge in [-0.15, -0.1) is 0 Å². The lowest BCUT2D eigenvalue weighted by molar-refractivity contribution is -0.129. The number of nitrogens with zero attached hydrogens (tertiary/aromatic N) is 5. The van der Waals surface area contributed by atoms with E-state index in [-0.39, 0.29) is 5.91 Å². The molecule has 0 aliphatic carbocycles. The highest BCUT2D eigenvalue weighted by Crippen LogP contribution is 2.24. The van der Waals surface area contributed by atoms with Gasteiger partial charge in [-0.2, -0.15) is 4.98 Å². The number of anilines is 2. The van der Waals surface area contributed by atoms with Gasteiger partial charge in [-0.25, -0.2) is 4.98 Å². The molecule has 1 saturated heterocycles. The molecule has 0 spiro atoms. The van der Waals surface area contributed by atoms with Crippen LogP contribution in [0, 0.1) is 0 Å². The van der Waals surface area contributed by atoms with Crippen LogP contribution in [0.4, 0.5) is 11.8 Å². The van der Waals surface area contributed by atoms with Crippen molar-refractivity contribution >= 4 is 17.7 Å². The van der Waals surface area contributed by atoms with Crippen molar-refractivity contribution in [3.8, 4) is 11.3 Å². The summed E-state index contributed by atoms with van der Waals surface area (Å²) in [6.07, 6.45) is 3.55. The van der Waals surface area contributed by atoms with Gasteiger partial charge in [0.2, 0.25) is 11.9 Å². The number of aromatic nitrogens is 3. The molecule has 148 valence electrons. The Morgan fingerprint density at radius 1 is 1.00 bits per heavy atom. The van der Waals surface area contributed by atoms with Crippen molar-refractivity contribution in [1.29, 1.82) is 0 Å². The number of pyridine rings is 1. The van der Waals surface area contributed by atoms with Crippen LogP contribution in [0.25, 0.3) is 11.3 Å². The third-order valence-corrected chi connectivity index (χ3v) is 5.03. The SMILES string of the molecule is CC(=O)N1CCN(c2cc(-c3ccccc3)nc(NCc3ccncc3)n2)CC1. The van der Waals surface area contributed by atoms with Crippen LogP contribution in [0.5, 0.6) is 0 Å². The number of piperazine rings is 1. The first-order chi connectivity index (χ1) is 14.2. The second kappa shape index (κ2) is 8.68. The number of carbonyl (C=O) groups is 1. The molecule has 2 aromatic heterocycles. The van der Waals surface area contributed by atoms with E-state index in [4.69, 9.17) is 9.97 Å². The van der Waals surface area contributed by atoms with Crippen molar-refractivity contribution < 1.29 is 4.79 Å². The fourth-order valence-corrected chi connectivity index (χ4v) is 3.36. The molecule has 0 atom stereocenters.